The lowest BCUT2D eigenvalue weighted by Crippen LogP contribution is -2.19. The molecule has 1 unspecified atom stereocenters. The SMILES string of the molecule is CCOC(=O)c1cc(-c2ccc(Br)cn2)nc2c1c(-c1ccc(CC)cc1)nn2C1CCCCO1. The van der Waals surface area contributed by atoms with E-state index in [0.29, 0.717) is 40.3 Å². The number of carbonyl (C=O) groups excluding carboxylic acids is 1. The number of pyridine rings is 2. The standard InChI is InChI=1S/C27H27BrN4O3/c1-3-17-8-10-18(11-9-17)25-24-20(27(33)34-4-2)15-22(21-13-12-19(28)16-29-21)30-26(24)32(31-25)23-7-5-6-14-35-23/h8-13,15-16,23H,3-7,14H2,1-2H3. The van der Waals surface area contributed by atoms with Crippen LogP contribution in [0, 0.1) is 0 Å². The molecule has 0 aliphatic carbocycles. The summed E-state index contributed by atoms with van der Waals surface area (Å²) in [6, 6.07) is 13.8. The van der Waals surface area contributed by atoms with Crippen LogP contribution in [-0.2, 0) is 15.9 Å². The van der Waals surface area contributed by atoms with Crippen LogP contribution in [0.25, 0.3) is 33.7 Å². The Morgan fingerprint density at radius 3 is 2.63 bits per heavy atom. The zero-order chi connectivity index (χ0) is 24.4. The average molecular weight is 535 g/mol. The van der Waals surface area contributed by atoms with E-state index in [1.807, 2.05) is 28.9 Å². The predicted octanol–water partition coefficient (Wildman–Crippen LogP) is 6.36. The maximum Gasteiger partial charge on any atom is 0.339 e. The van der Waals surface area contributed by atoms with Crippen LogP contribution >= 0.6 is 15.9 Å². The van der Waals surface area contributed by atoms with Crippen LogP contribution in [0.5, 0.6) is 0 Å². The first kappa shape index (κ1) is 23.6. The van der Waals surface area contributed by atoms with Gasteiger partial charge < -0.3 is 9.47 Å². The second kappa shape index (κ2) is 10.3. The number of halogens is 1. The van der Waals surface area contributed by atoms with Gasteiger partial charge in [-0.3, -0.25) is 4.98 Å². The molecule has 0 N–H and O–H groups in total. The lowest BCUT2D eigenvalue weighted by molar-refractivity contribution is -0.0368. The quantitative estimate of drug-likeness (QED) is 0.268. The van der Waals surface area contributed by atoms with Gasteiger partial charge in [0, 0.05) is 22.8 Å². The number of benzene rings is 1. The number of hydrogen-bond acceptors (Lipinski definition) is 6. The van der Waals surface area contributed by atoms with Crippen molar-refractivity contribution in [3.8, 4) is 22.6 Å². The predicted molar refractivity (Wildman–Crippen MR) is 138 cm³/mol. The third-order valence-corrected chi connectivity index (χ3v) is 6.68. The van der Waals surface area contributed by atoms with Crippen molar-refractivity contribution >= 4 is 32.9 Å². The van der Waals surface area contributed by atoms with Crippen LogP contribution in [0.4, 0.5) is 0 Å². The molecule has 180 valence electrons. The fourth-order valence-corrected chi connectivity index (χ4v) is 4.62. The lowest BCUT2D eigenvalue weighted by atomic mass is 10.0. The Morgan fingerprint density at radius 1 is 1.14 bits per heavy atom. The summed E-state index contributed by atoms with van der Waals surface area (Å²) in [6.07, 6.45) is 5.33. The Balaban J connectivity index is 1.78. The average Bonchev–Trinajstić information content (AvgIpc) is 3.29. The van der Waals surface area contributed by atoms with Gasteiger partial charge in [-0.25, -0.2) is 14.5 Å². The fraction of sp³-hybridized carbons (Fsp3) is 0.333. The van der Waals surface area contributed by atoms with Crippen molar-refractivity contribution in [3.05, 3.63) is 64.3 Å². The zero-order valence-corrected chi connectivity index (χ0v) is 21.4. The molecule has 1 atom stereocenters. The van der Waals surface area contributed by atoms with Gasteiger partial charge in [-0.05, 0) is 72.3 Å². The first-order valence-electron chi connectivity index (χ1n) is 12.0. The van der Waals surface area contributed by atoms with Crippen molar-refractivity contribution in [2.45, 2.75) is 45.8 Å². The monoisotopic (exact) mass is 534 g/mol. The molecule has 35 heavy (non-hydrogen) atoms. The molecule has 3 aromatic heterocycles. The Kier molecular flexibility index (Phi) is 6.92. The minimum Gasteiger partial charge on any atom is -0.462 e. The number of esters is 1. The normalized spacial score (nSPS) is 15.9. The molecule has 1 fully saturated rings. The maximum atomic E-state index is 13.2. The van der Waals surface area contributed by atoms with E-state index >= 15 is 0 Å². The highest BCUT2D eigenvalue weighted by molar-refractivity contribution is 9.10. The zero-order valence-electron chi connectivity index (χ0n) is 19.8. The summed E-state index contributed by atoms with van der Waals surface area (Å²) in [5.41, 5.74) is 5.11. The van der Waals surface area contributed by atoms with Crippen molar-refractivity contribution in [1.82, 2.24) is 19.7 Å². The molecule has 0 bridgehead atoms. The largest absolute Gasteiger partial charge is 0.462 e. The van der Waals surface area contributed by atoms with Crippen LogP contribution in [-0.4, -0.2) is 38.9 Å². The molecule has 1 aliphatic rings. The number of nitrogens with zero attached hydrogens (tertiary/aromatic N) is 4. The Hall–Kier alpha value is -3.10. The summed E-state index contributed by atoms with van der Waals surface area (Å²) in [5, 5.41) is 5.65. The van der Waals surface area contributed by atoms with Gasteiger partial charge >= 0.3 is 5.97 Å². The number of rotatable bonds is 6. The van der Waals surface area contributed by atoms with E-state index < -0.39 is 5.97 Å². The number of hydrogen-bond donors (Lipinski definition) is 0. The number of fused-ring (bicyclic) bond motifs is 1. The molecule has 4 aromatic rings. The molecule has 5 rings (SSSR count). The molecular weight excluding hydrogens is 508 g/mol. The van der Waals surface area contributed by atoms with E-state index in [0.717, 1.165) is 35.7 Å². The van der Waals surface area contributed by atoms with Crippen LogP contribution in [0.1, 0.15) is 55.3 Å². The number of ether oxygens (including phenoxy) is 2. The first-order chi connectivity index (χ1) is 17.1. The van der Waals surface area contributed by atoms with Gasteiger partial charge in [0.25, 0.3) is 0 Å². The third-order valence-electron chi connectivity index (χ3n) is 6.21. The van der Waals surface area contributed by atoms with Crippen molar-refractivity contribution in [2.24, 2.45) is 0 Å². The van der Waals surface area contributed by atoms with Crippen molar-refractivity contribution < 1.29 is 14.3 Å². The number of aromatic nitrogens is 4. The second-order valence-corrected chi connectivity index (χ2v) is 9.42. The second-order valence-electron chi connectivity index (χ2n) is 8.50. The Morgan fingerprint density at radius 2 is 1.97 bits per heavy atom. The number of carbonyl (C=O) groups is 1. The molecule has 1 saturated heterocycles. The molecule has 0 radical (unpaired) electrons. The van der Waals surface area contributed by atoms with Gasteiger partial charge in [0.05, 0.1) is 28.9 Å². The summed E-state index contributed by atoms with van der Waals surface area (Å²) < 4.78 is 14.3. The van der Waals surface area contributed by atoms with Crippen molar-refractivity contribution in [3.63, 3.8) is 0 Å². The summed E-state index contributed by atoms with van der Waals surface area (Å²) in [7, 11) is 0. The molecule has 7 nitrogen and oxygen atoms in total. The molecule has 4 heterocycles. The highest BCUT2D eigenvalue weighted by Crippen LogP contribution is 2.36. The van der Waals surface area contributed by atoms with E-state index in [1.54, 1.807) is 19.2 Å². The molecule has 1 aromatic carbocycles. The van der Waals surface area contributed by atoms with Crippen LogP contribution in [0.15, 0.2) is 53.1 Å². The minimum atomic E-state index is -0.409. The molecule has 0 amide bonds. The number of aryl methyl sites for hydroxylation is 1. The van der Waals surface area contributed by atoms with E-state index in [9.17, 15) is 4.79 Å². The van der Waals surface area contributed by atoms with Gasteiger partial charge in [0.15, 0.2) is 11.9 Å². The van der Waals surface area contributed by atoms with E-state index in [2.05, 4.69) is 40.0 Å². The van der Waals surface area contributed by atoms with E-state index in [1.165, 1.54) is 5.56 Å². The molecule has 1 aliphatic heterocycles. The van der Waals surface area contributed by atoms with E-state index in [4.69, 9.17) is 19.6 Å². The fourth-order valence-electron chi connectivity index (χ4n) is 4.38. The van der Waals surface area contributed by atoms with Gasteiger partial charge in [-0.2, -0.15) is 5.10 Å². The minimum absolute atomic E-state index is 0.245. The van der Waals surface area contributed by atoms with Gasteiger partial charge in [-0.1, -0.05) is 31.2 Å². The van der Waals surface area contributed by atoms with Crippen molar-refractivity contribution in [1.29, 1.82) is 0 Å². The van der Waals surface area contributed by atoms with Gasteiger partial charge in [-0.15, -0.1) is 0 Å². The summed E-state index contributed by atoms with van der Waals surface area (Å²) in [5.74, 6) is -0.409. The summed E-state index contributed by atoms with van der Waals surface area (Å²) in [6.45, 7) is 4.87. The van der Waals surface area contributed by atoms with Crippen LogP contribution < -0.4 is 0 Å². The topological polar surface area (TPSA) is 79.1 Å². The Labute approximate surface area is 212 Å². The molecular formula is C27H27BrN4O3. The van der Waals surface area contributed by atoms with Gasteiger partial charge in [0.2, 0.25) is 0 Å². The van der Waals surface area contributed by atoms with Crippen molar-refractivity contribution in [2.75, 3.05) is 13.2 Å². The highest BCUT2D eigenvalue weighted by atomic mass is 79.9. The molecule has 8 heteroatoms. The molecule has 0 saturated carbocycles. The van der Waals surface area contributed by atoms with Crippen LogP contribution in [0.2, 0.25) is 0 Å². The lowest BCUT2D eigenvalue weighted by Gasteiger charge is -2.23. The first-order valence-corrected chi connectivity index (χ1v) is 12.8. The smallest absolute Gasteiger partial charge is 0.339 e. The third kappa shape index (κ3) is 4.73. The molecule has 0 spiro atoms. The Bertz CT molecular complexity index is 1340. The maximum absolute atomic E-state index is 13.2. The van der Waals surface area contributed by atoms with Crippen LogP contribution in [0.3, 0.4) is 0 Å². The summed E-state index contributed by atoms with van der Waals surface area (Å²) in [4.78, 5) is 22.7. The summed E-state index contributed by atoms with van der Waals surface area (Å²) >= 11 is 3.43. The highest BCUT2D eigenvalue weighted by Gasteiger charge is 2.28. The van der Waals surface area contributed by atoms with E-state index in [-0.39, 0.29) is 12.8 Å². The van der Waals surface area contributed by atoms with Gasteiger partial charge in [0.1, 0.15) is 5.69 Å².